The van der Waals surface area contributed by atoms with Gasteiger partial charge in [0.05, 0.1) is 12.0 Å². The maximum Gasteiger partial charge on any atom is 0.241 e. The standard InChI is InChI=1S/C8H8N4OS/c1-13-7-6(10-2-3-11-7)5-4-12-8(9)14-5/h2-4H,1H3,(H2,9,12). The number of hydrogen-bond acceptors (Lipinski definition) is 6. The van der Waals surface area contributed by atoms with Crippen molar-refractivity contribution < 1.29 is 4.74 Å². The molecule has 6 heteroatoms. The Morgan fingerprint density at radius 2 is 2.07 bits per heavy atom. The first-order valence-corrected chi connectivity index (χ1v) is 4.69. The predicted molar refractivity (Wildman–Crippen MR) is 54.1 cm³/mol. The van der Waals surface area contributed by atoms with Crippen LogP contribution in [0.2, 0.25) is 0 Å². The van der Waals surface area contributed by atoms with Crippen LogP contribution in [0.3, 0.4) is 0 Å². The minimum atomic E-state index is 0.483. The fraction of sp³-hybridized carbons (Fsp3) is 0.125. The van der Waals surface area contributed by atoms with Gasteiger partial charge in [-0.2, -0.15) is 0 Å². The van der Waals surface area contributed by atoms with E-state index in [0.29, 0.717) is 16.7 Å². The summed E-state index contributed by atoms with van der Waals surface area (Å²) in [5.74, 6) is 0.483. The van der Waals surface area contributed by atoms with Gasteiger partial charge in [0.25, 0.3) is 0 Å². The monoisotopic (exact) mass is 208 g/mol. The van der Waals surface area contributed by atoms with Crippen molar-refractivity contribution in [2.24, 2.45) is 0 Å². The molecule has 0 amide bonds. The zero-order chi connectivity index (χ0) is 9.97. The summed E-state index contributed by atoms with van der Waals surface area (Å²) in [4.78, 5) is 13.0. The SMILES string of the molecule is COc1nccnc1-c1cnc(N)s1. The minimum Gasteiger partial charge on any atom is -0.479 e. The average molecular weight is 208 g/mol. The molecule has 0 aliphatic heterocycles. The van der Waals surface area contributed by atoms with Gasteiger partial charge in [-0.3, -0.25) is 0 Å². The molecule has 2 N–H and O–H groups in total. The molecule has 0 atom stereocenters. The lowest BCUT2D eigenvalue weighted by atomic mass is 10.4. The maximum absolute atomic E-state index is 5.53. The topological polar surface area (TPSA) is 73.9 Å². The molecular formula is C8H8N4OS. The van der Waals surface area contributed by atoms with E-state index in [1.54, 1.807) is 25.7 Å². The molecule has 2 aromatic heterocycles. The van der Waals surface area contributed by atoms with Gasteiger partial charge in [0.2, 0.25) is 5.88 Å². The number of hydrogen-bond donors (Lipinski definition) is 1. The number of rotatable bonds is 2. The van der Waals surface area contributed by atoms with Crippen LogP contribution in [0, 0.1) is 0 Å². The van der Waals surface area contributed by atoms with E-state index < -0.39 is 0 Å². The van der Waals surface area contributed by atoms with Crippen molar-refractivity contribution in [3.8, 4) is 16.5 Å². The Kier molecular flexibility index (Phi) is 2.28. The zero-order valence-corrected chi connectivity index (χ0v) is 8.28. The summed E-state index contributed by atoms with van der Waals surface area (Å²) in [6.45, 7) is 0. The molecule has 14 heavy (non-hydrogen) atoms. The Bertz CT molecular complexity index is 442. The van der Waals surface area contributed by atoms with Gasteiger partial charge in [-0.1, -0.05) is 11.3 Å². The molecular weight excluding hydrogens is 200 g/mol. The van der Waals surface area contributed by atoms with E-state index in [2.05, 4.69) is 15.0 Å². The highest BCUT2D eigenvalue weighted by Gasteiger charge is 2.10. The van der Waals surface area contributed by atoms with Crippen molar-refractivity contribution in [2.75, 3.05) is 12.8 Å². The highest BCUT2D eigenvalue weighted by Crippen LogP contribution is 2.30. The second-order valence-corrected chi connectivity index (χ2v) is 3.54. The Morgan fingerprint density at radius 3 is 2.71 bits per heavy atom. The van der Waals surface area contributed by atoms with Crippen LogP contribution in [0.1, 0.15) is 0 Å². The molecule has 0 aliphatic rings. The maximum atomic E-state index is 5.53. The summed E-state index contributed by atoms with van der Waals surface area (Å²) in [6, 6.07) is 0. The van der Waals surface area contributed by atoms with Crippen LogP contribution in [-0.4, -0.2) is 22.1 Å². The summed E-state index contributed by atoms with van der Waals surface area (Å²) < 4.78 is 5.07. The van der Waals surface area contributed by atoms with E-state index in [1.807, 2.05) is 0 Å². The van der Waals surface area contributed by atoms with E-state index in [9.17, 15) is 0 Å². The zero-order valence-electron chi connectivity index (χ0n) is 7.47. The predicted octanol–water partition coefficient (Wildman–Crippen LogP) is 1.19. The van der Waals surface area contributed by atoms with Crippen molar-refractivity contribution in [3.05, 3.63) is 18.6 Å². The Hall–Kier alpha value is -1.69. The summed E-state index contributed by atoms with van der Waals surface area (Å²) in [7, 11) is 1.55. The minimum absolute atomic E-state index is 0.483. The third-order valence-corrected chi connectivity index (χ3v) is 2.45. The quantitative estimate of drug-likeness (QED) is 0.802. The van der Waals surface area contributed by atoms with Gasteiger partial charge in [0, 0.05) is 18.6 Å². The second-order valence-electron chi connectivity index (χ2n) is 2.48. The molecule has 2 heterocycles. The Labute approximate surface area is 84.6 Å². The summed E-state index contributed by atoms with van der Waals surface area (Å²) in [5.41, 5.74) is 6.20. The first-order valence-electron chi connectivity index (χ1n) is 3.88. The molecule has 0 spiro atoms. The summed E-state index contributed by atoms with van der Waals surface area (Å²) >= 11 is 1.35. The average Bonchev–Trinajstić information content (AvgIpc) is 2.65. The van der Waals surface area contributed by atoms with Crippen LogP contribution >= 0.6 is 11.3 Å². The molecule has 0 aromatic carbocycles. The van der Waals surface area contributed by atoms with Gasteiger partial charge in [0.15, 0.2) is 5.13 Å². The van der Waals surface area contributed by atoms with Crippen LogP contribution in [0.5, 0.6) is 5.88 Å². The van der Waals surface area contributed by atoms with E-state index >= 15 is 0 Å². The van der Waals surface area contributed by atoms with Crippen molar-refractivity contribution in [1.82, 2.24) is 15.0 Å². The van der Waals surface area contributed by atoms with Gasteiger partial charge < -0.3 is 10.5 Å². The smallest absolute Gasteiger partial charge is 0.241 e. The normalized spacial score (nSPS) is 10.1. The molecule has 0 fully saturated rings. The van der Waals surface area contributed by atoms with Crippen LogP contribution < -0.4 is 10.5 Å². The number of aromatic nitrogens is 3. The molecule has 0 saturated carbocycles. The van der Waals surface area contributed by atoms with Gasteiger partial charge in [-0.15, -0.1) is 0 Å². The van der Waals surface area contributed by atoms with Crippen molar-refractivity contribution in [2.45, 2.75) is 0 Å². The number of ether oxygens (including phenoxy) is 1. The van der Waals surface area contributed by atoms with Crippen molar-refractivity contribution >= 4 is 16.5 Å². The third-order valence-electron chi connectivity index (χ3n) is 1.61. The van der Waals surface area contributed by atoms with E-state index in [4.69, 9.17) is 10.5 Å². The van der Waals surface area contributed by atoms with Crippen molar-refractivity contribution in [3.63, 3.8) is 0 Å². The van der Waals surface area contributed by atoms with Gasteiger partial charge >= 0.3 is 0 Å². The third kappa shape index (κ3) is 1.51. The second kappa shape index (κ2) is 3.59. The largest absolute Gasteiger partial charge is 0.479 e. The summed E-state index contributed by atoms with van der Waals surface area (Å²) in [5, 5.41) is 0.507. The molecule has 0 aliphatic carbocycles. The molecule has 0 unspecified atom stereocenters. The fourth-order valence-corrected chi connectivity index (χ4v) is 1.71. The highest BCUT2D eigenvalue weighted by atomic mass is 32.1. The van der Waals surface area contributed by atoms with E-state index in [1.165, 1.54) is 11.3 Å². The van der Waals surface area contributed by atoms with Crippen LogP contribution in [0.25, 0.3) is 10.6 Å². The van der Waals surface area contributed by atoms with Gasteiger partial charge in [-0.05, 0) is 0 Å². The fourth-order valence-electron chi connectivity index (χ4n) is 1.04. The van der Waals surface area contributed by atoms with E-state index in [-0.39, 0.29) is 0 Å². The Balaban J connectivity index is 2.50. The molecule has 72 valence electrons. The lowest BCUT2D eigenvalue weighted by Gasteiger charge is -2.01. The van der Waals surface area contributed by atoms with Gasteiger partial charge in [-0.25, -0.2) is 15.0 Å². The first kappa shape index (κ1) is 8.89. The number of anilines is 1. The molecule has 0 radical (unpaired) electrons. The van der Waals surface area contributed by atoms with Gasteiger partial charge in [0.1, 0.15) is 5.69 Å². The van der Waals surface area contributed by atoms with Crippen LogP contribution in [-0.2, 0) is 0 Å². The molecule has 5 nitrogen and oxygen atoms in total. The highest BCUT2D eigenvalue weighted by molar-refractivity contribution is 7.18. The molecule has 2 rings (SSSR count). The summed E-state index contributed by atoms with van der Waals surface area (Å²) in [6.07, 6.45) is 4.84. The molecule has 0 bridgehead atoms. The van der Waals surface area contributed by atoms with Crippen LogP contribution in [0.4, 0.5) is 5.13 Å². The number of methoxy groups -OCH3 is 1. The van der Waals surface area contributed by atoms with Crippen LogP contribution in [0.15, 0.2) is 18.6 Å². The van der Waals surface area contributed by atoms with Crippen molar-refractivity contribution in [1.29, 1.82) is 0 Å². The number of thiazole rings is 1. The number of nitrogen functional groups attached to an aromatic ring is 1. The Morgan fingerprint density at radius 1 is 1.29 bits per heavy atom. The molecule has 2 aromatic rings. The van der Waals surface area contributed by atoms with E-state index in [0.717, 1.165) is 4.88 Å². The lowest BCUT2D eigenvalue weighted by Crippen LogP contribution is -1.92. The lowest BCUT2D eigenvalue weighted by molar-refractivity contribution is 0.398. The molecule has 0 saturated heterocycles. The first-order chi connectivity index (χ1) is 6.81. The number of nitrogens with two attached hydrogens (primary N) is 1. The number of nitrogens with zero attached hydrogens (tertiary/aromatic N) is 3.